The monoisotopic (exact) mass is 617 g/mol. The third-order valence-electron chi connectivity index (χ3n) is 8.03. The average Bonchev–Trinajstić information content (AvgIpc) is 3.08. The predicted octanol–water partition coefficient (Wildman–Crippen LogP) is 9.06. The van der Waals surface area contributed by atoms with E-state index in [9.17, 15) is 9.59 Å². The van der Waals surface area contributed by atoms with Crippen LogP contribution >= 0.6 is 0 Å². The van der Waals surface area contributed by atoms with E-state index in [2.05, 4.69) is 6.92 Å². The maximum absolute atomic E-state index is 13.4. The van der Waals surface area contributed by atoms with Crippen molar-refractivity contribution in [2.75, 3.05) is 13.7 Å². The van der Waals surface area contributed by atoms with Crippen molar-refractivity contribution >= 4 is 12.0 Å². The van der Waals surface area contributed by atoms with Crippen molar-refractivity contribution < 1.29 is 28.4 Å². The van der Waals surface area contributed by atoms with E-state index in [1.54, 1.807) is 31.4 Å². The van der Waals surface area contributed by atoms with Gasteiger partial charge < -0.3 is 14.2 Å². The molecule has 2 aromatic carbocycles. The topological polar surface area (TPSA) is 69.0 Å². The quantitative estimate of drug-likeness (QED) is 0.0881. The van der Waals surface area contributed by atoms with Gasteiger partial charge in [-0.3, -0.25) is 4.79 Å². The van der Waals surface area contributed by atoms with Crippen molar-refractivity contribution in [2.45, 2.75) is 111 Å². The Balaban J connectivity index is 1.47. The zero-order chi connectivity index (χ0) is 32.1. The molecule has 0 saturated carbocycles. The van der Waals surface area contributed by atoms with Crippen LogP contribution < -0.4 is 14.0 Å². The molecule has 45 heavy (non-hydrogen) atoms. The second-order valence-electron chi connectivity index (χ2n) is 11.5. The molecule has 1 heterocycles. The Kier molecular flexibility index (Phi) is 16.6. The lowest BCUT2D eigenvalue weighted by molar-refractivity contribution is -0.701. The summed E-state index contributed by atoms with van der Waals surface area (Å²) in [6.45, 7) is 5.72. The minimum absolute atomic E-state index is 0.00461. The van der Waals surface area contributed by atoms with Gasteiger partial charge >= 0.3 is 6.09 Å². The fourth-order valence-corrected chi connectivity index (χ4v) is 5.35. The number of pyridine rings is 1. The van der Waals surface area contributed by atoms with Crippen molar-refractivity contribution in [3.63, 3.8) is 0 Å². The molecule has 7 nitrogen and oxygen atoms in total. The summed E-state index contributed by atoms with van der Waals surface area (Å²) in [5, 5.41) is 0. The molecule has 0 N–H and O–H groups in total. The van der Waals surface area contributed by atoms with Gasteiger partial charge in [0.05, 0.1) is 13.7 Å². The highest BCUT2D eigenvalue weighted by molar-refractivity contribution is 6.02. The van der Waals surface area contributed by atoms with Gasteiger partial charge in [0.1, 0.15) is 19.7 Å². The summed E-state index contributed by atoms with van der Waals surface area (Å²) < 4.78 is 19.3. The Labute approximate surface area is 270 Å². The van der Waals surface area contributed by atoms with Gasteiger partial charge in [-0.05, 0) is 43.2 Å². The molecular formula is C38H53N2O5+. The fraction of sp³-hybridized carbons (Fsp3) is 0.500. The molecule has 1 aromatic heterocycles. The van der Waals surface area contributed by atoms with Crippen LogP contribution in [0.15, 0.2) is 72.9 Å². The number of nitrogens with zero attached hydrogens (tertiary/aromatic N) is 2. The third-order valence-corrected chi connectivity index (χ3v) is 8.03. The summed E-state index contributed by atoms with van der Waals surface area (Å²) >= 11 is 0. The highest BCUT2D eigenvalue weighted by atomic mass is 16.6. The van der Waals surface area contributed by atoms with Crippen molar-refractivity contribution in [3.05, 3.63) is 89.7 Å². The highest BCUT2D eigenvalue weighted by Gasteiger charge is 2.28. The van der Waals surface area contributed by atoms with E-state index < -0.39 is 12.0 Å². The molecule has 244 valence electrons. The van der Waals surface area contributed by atoms with Crippen LogP contribution in [-0.4, -0.2) is 30.6 Å². The standard InChI is InChI=1S/C38H53N2O5/c1-4-6-7-8-9-10-11-12-13-14-15-21-28-44-35-26-25-32(29-36(35)43-3)31-45-38(42)40(37(41)33-22-17-16-18-23-33)30-34-24-19-20-27-39(34)5-2/h16-20,22-27,29H,4-15,21,28,30-31H2,1-3H3/q+1. The summed E-state index contributed by atoms with van der Waals surface area (Å²) in [4.78, 5) is 27.9. The zero-order valence-electron chi connectivity index (χ0n) is 27.7. The van der Waals surface area contributed by atoms with E-state index in [0.717, 1.165) is 29.0 Å². The van der Waals surface area contributed by atoms with Crippen LogP contribution in [0.4, 0.5) is 4.79 Å². The molecule has 0 aliphatic carbocycles. The highest BCUT2D eigenvalue weighted by Crippen LogP contribution is 2.29. The molecule has 2 amide bonds. The number of aromatic nitrogens is 1. The molecule has 7 heteroatoms. The first-order chi connectivity index (χ1) is 22.1. The maximum Gasteiger partial charge on any atom is 0.417 e. The normalized spacial score (nSPS) is 10.8. The molecule has 0 fully saturated rings. The van der Waals surface area contributed by atoms with Crippen molar-refractivity contribution in [2.24, 2.45) is 0 Å². The summed E-state index contributed by atoms with van der Waals surface area (Å²) in [6.07, 6.45) is 16.8. The molecule has 0 unspecified atom stereocenters. The lowest BCUT2D eigenvalue weighted by atomic mass is 10.1. The Bertz CT molecular complexity index is 1280. The number of hydrogen-bond acceptors (Lipinski definition) is 5. The summed E-state index contributed by atoms with van der Waals surface area (Å²) in [6, 6.07) is 20.0. The van der Waals surface area contributed by atoms with Crippen LogP contribution in [0, 0.1) is 0 Å². The van der Waals surface area contributed by atoms with Crippen molar-refractivity contribution in [3.8, 4) is 11.5 Å². The molecule has 0 radical (unpaired) electrons. The van der Waals surface area contributed by atoms with Gasteiger partial charge in [0.15, 0.2) is 17.7 Å². The summed E-state index contributed by atoms with van der Waals surface area (Å²) in [5.74, 6) is 0.851. The first-order valence-electron chi connectivity index (χ1n) is 16.9. The van der Waals surface area contributed by atoms with Gasteiger partial charge in [0.25, 0.3) is 5.91 Å². The molecule has 0 aliphatic heterocycles. The number of unbranched alkanes of at least 4 members (excludes halogenated alkanes) is 11. The van der Waals surface area contributed by atoms with Gasteiger partial charge in [-0.1, -0.05) is 108 Å². The molecule has 0 aliphatic rings. The van der Waals surface area contributed by atoms with E-state index in [1.165, 1.54) is 64.2 Å². The number of benzene rings is 2. The van der Waals surface area contributed by atoms with Gasteiger partial charge in [0.2, 0.25) is 5.69 Å². The van der Waals surface area contributed by atoms with Crippen molar-refractivity contribution in [1.82, 2.24) is 4.90 Å². The fourth-order valence-electron chi connectivity index (χ4n) is 5.35. The Morgan fingerprint density at radius 1 is 0.733 bits per heavy atom. The molecular weight excluding hydrogens is 564 g/mol. The Hall–Kier alpha value is -3.87. The van der Waals surface area contributed by atoms with E-state index in [1.807, 2.05) is 60.2 Å². The van der Waals surface area contributed by atoms with Crippen molar-refractivity contribution in [1.29, 1.82) is 0 Å². The van der Waals surface area contributed by atoms with E-state index in [4.69, 9.17) is 14.2 Å². The van der Waals surface area contributed by atoms with Gasteiger partial charge in [0, 0.05) is 17.7 Å². The largest absolute Gasteiger partial charge is 0.493 e. The molecule has 0 atom stereocenters. The SMILES string of the molecule is CCCCCCCCCCCCCCOc1ccc(COC(=O)N(Cc2cccc[n+]2CC)C(=O)c2ccccc2)cc1OC. The third kappa shape index (κ3) is 12.6. The predicted molar refractivity (Wildman–Crippen MR) is 178 cm³/mol. The van der Waals surface area contributed by atoms with Crippen LogP contribution in [0.5, 0.6) is 11.5 Å². The molecule has 0 bridgehead atoms. The number of imide groups is 1. The van der Waals surface area contributed by atoms with E-state index in [0.29, 0.717) is 30.2 Å². The lowest BCUT2D eigenvalue weighted by Crippen LogP contribution is -2.43. The van der Waals surface area contributed by atoms with Crippen LogP contribution in [-0.2, 0) is 24.4 Å². The van der Waals surface area contributed by atoms with Gasteiger partial charge in [-0.2, -0.15) is 0 Å². The number of methoxy groups -OCH3 is 1. The summed E-state index contributed by atoms with van der Waals surface area (Å²) in [5.41, 5.74) is 2.00. The molecule has 3 aromatic rings. The zero-order valence-corrected chi connectivity index (χ0v) is 27.7. The number of rotatable bonds is 21. The Morgan fingerprint density at radius 3 is 2.02 bits per heavy atom. The van der Waals surface area contributed by atoms with Crippen LogP contribution in [0.3, 0.4) is 0 Å². The lowest BCUT2D eigenvalue weighted by Gasteiger charge is -2.20. The van der Waals surface area contributed by atoms with E-state index in [-0.39, 0.29) is 13.2 Å². The molecule has 0 saturated heterocycles. The van der Waals surface area contributed by atoms with Crippen LogP contribution in [0.25, 0.3) is 0 Å². The second kappa shape index (κ2) is 21.0. The number of hydrogen-bond donors (Lipinski definition) is 0. The molecule has 3 rings (SSSR count). The van der Waals surface area contributed by atoms with Crippen LogP contribution in [0.1, 0.15) is 113 Å². The smallest absolute Gasteiger partial charge is 0.417 e. The van der Waals surface area contributed by atoms with Crippen LogP contribution in [0.2, 0.25) is 0 Å². The Morgan fingerprint density at radius 2 is 1.38 bits per heavy atom. The summed E-state index contributed by atoms with van der Waals surface area (Å²) in [7, 11) is 1.60. The second-order valence-corrected chi connectivity index (χ2v) is 11.5. The minimum Gasteiger partial charge on any atom is -0.493 e. The average molecular weight is 618 g/mol. The van der Waals surface area contributed by atoms with Gasteiger partial charge in [-0.25, -0.2) is 14.3 Å². The first kappa shape index (κ1) is 35.6. The maximum atomic E-state index is 13.4. The minimum atomic E-state index is -0.707. The number of ether oxygens (including phenoxy) is 3. The number of carbonyl (C=O) groups is 2. The number of carbonyl (C=O) groups excluding carboxylic acids is 2. The number of amides is 2. The van der Waals surface area contributed by atoms with Gasteiger partial charge in [-0.15, -0.1) is 0 Å². The molecule has 0 spiro atoms. The number of aryl methyl sites for hydroxylation is 1. The first-order valence-corrected chi connectivity index (χ1v) is 16.9. The van der Waals surface area contributed by atoms with E-state index >= 15 is 0 Å².